The second kappa shape index (κ2) is 14.0. The van der Waals surface area contributed by atoms with Crippen molar-refractivity contribution in [2.75, 3.05) is 26.2 Å². The second-order valence-corrected chi connectivity index (χ2v) is 12.7. The highest BCUT2D eigenvalue weighted by molar-refractivity contribution is 6.31. The van der Waals surface area contributed by atoms with Crippen LogP contribution >= 0.6 is 23.2 Å². The van der Waals surface area contributed by atoms with Crippen LogP contribution in [0.3, 0.4) is 0 Å². The highest BCUT2D eigenvalue weighted by Crippen LogP contribution is 2.37. The van der Waals surface area contributed by atoms with E-state index in [1.165, 1.54) is 22.6 Å². The summed E-state index contributed by atoms with van der Waals surface area (Å²) < 4.78 is 43.5. The van der Waals surface area contributed by atoms with Gasteiger partial charge in [-0.1, -0.05) is 35.3 Å². The van der Waals surface area contributed by atoms with Gasteiger partial charge in [0.05, 0.1) is 5.56 Å². The van der Waals surface area contributed by atoms with E-state index in [2.05, 4.69) is 10.2 Å². The number of halogens is 5. The molecule has 2 aromatic carbocycles. The van der Waals surface area contributed by atoms with Gasteiger partial charge in [0.15, 0.2) is 6.61 Å². The Bertz CT molecular complexity index is 1350. The van der Waals surface area contributed by atoms with Gasteiger partial charge in [0.2, 0.25) is 0 Å². The lowest BCUT2D eigenvalue weighted by Gasteiger charge is -2.39. The minimum absolute atomic E-state index is 0.0273. The molecule has 238 valence electrons. The van der Waals surface area contributed by atoms with Crippen LogP contribution < -0.4 is 15.4 Å². The molecule has 44 heavy (non-hydrogen) atoms. The number of hydrogen-bond acceptors (Lipinski definition) is 5. The van der Waals surface area contributed by atoms with Gasteiger partial charge in [0.1, 0.15) is 5.75 Å². The molecular weight excluding hydrogens is 620 g/mol. The molecule has 3 fully saturated rings. The summed E-state index contributed by atoms with van der Waals surface area (Å²) in [6.45, 7) is 0.942. The molecule has 2 N–H and O–H groups in total. The number of amides is 3. The Morgan fingerprint density at radius 3 is 2.32 bits per heavy atom. The lowest BCUT2D eigenvalue weighted by Crippen LogP contribution is -2.50. The van der Waals surface area contributed by atoms with Crippen molar-refractivity contribution in [3.8, 4) is 5.75 Å². The monoisotopic (exact) mass is 654 g/mol. The third kappa shape index (κ3) is 8.17. The molecule has 2 bridgehead atoms. The molecule has 8 nitrogen and oxygen atoms in total. The lowest BCUT2D eigenvalue weighted by molar-refractivity contribution is -0.173. The van der Waals surface area contributed by atoms with Crippen LogP contribution in [-0.2, 0) is 16.1 Å². The molecular formula is C31H35Cl2F3N4O4. The molecule has 3 aliphatic rings. The van der Waals surface area contributed by atoms with Crippen molar-refractivity contribution in [1.29, 1.82) is 0 Å². The number of carbonyl (C=O) groups is 3. The van der Waals surface area contributed by atoms with Crippen LogP contribution in [0.1, 0.15) is 54.4 Å². The second-order valence-electron chi connectivity index (χ2n) is 11.8. The highest BCUT2D eigenvalue weighted by atomic mass is 35.5. The quantitative estimate of drug-likeness (QED) is 0.387. The van der Waals surface area contributed by atoms with Crippen molar-refractivity contribution in [1.82, 2.24) is 20.4 Å². The maximum Gasteiger partial charge on any atom is 0.471 e. The number of benzene rings is 2. The fourth-order valence-electron chi connectivity index (χ4n) is 6.58. The standard InChI is InChI=1S/C31H35Cl2F3N4O4/c32-21-5-3-19(4-6-21)17-40-24-8-9-25(40)14-23(13-24)38-28(41)18-44-27-10-7-22(33)12-26(27)29(42)39-11-1-2-20(16-39)15-37-30(43)31(34,35)36/h3-7,10,12,20,23-25H,1-2,8-9,11,13-18H2,(H,37,43)(H,38,41)/t20?,23?,24-,25+. The maximum absolute atomic E-state index is 13.4. The first-order chi connectivity index (χ1) is 21.0. The molecule has 3 saturated heterocycles. The van der Waals surface area contributed by atoms with Gasteiger partial charge < -0.3 is 20.3 Å². The Balaban J connectivity index is 1.13. The number of piperidine rings is 2. The van der Waals surface area contributed by atoms with Gasteiger partial charge in [0.25, 0.3) is 11.8 Å². The van der Waals surface area contributed by atoms with E-state index in [0.717, 1.165) is 32.2 Å². The summed E-state index contributed by atoms with van der Waals surface area (Å²) >= 11 is 12.2. The zero-order chi connectivity index (χ0) is 31.4. The van der Waals surface area contributed by atoms with E-state index in [-0.39, 0.29) is 48.9 Å². The predicted molar refractivity (Wildman–Crippen MR) is 160 cm³/mol. The first-order valence-electron chi connectivity index (χ1n) is 14.8. The minimum atomic E-state index is -4.96. The van der Waals surface area contributed by atoms with Gasteiger partial charge >= 0.3 is 12.1 Å². The summed E-state index contributed by atoms with van der Waals surface area (Å²) in [6, 6.07) is 13.2. The van der Waals surface area contributed by atoms with Crippen molar-refractivity contribution >= 4 is 40.9 Å². The minimum Gasteiger partial charge on any atom is -0.483 e. The number of carbonyl (C=O) groups excluding carboxylic acids is 3. The molecule has 3 amide bonds. The lowest BCUT2D eigenvalue weighted by atomic mass is 9.96. The van der Waals surface area contributed by atoms with E-state index in [1.54, 1.807) is 6.07 Å². The number of hydrogen-bond donors (Lipinski definition) is 2. The molecule has 5 rings (SSSR count). The van der Waals surface area contributed by atoms with Gasteiger partial charge in [-0.25, -0.2) is 0 Å². The van der Waals surface area contributed by atoms with Gasteiger partial charge in [0, 0.05) is 54.3 Å². The molecule has 0 spiro atoms. The zero-order valence-electron chi connectivity index (χ0n) is 24.0. The molecule has 0 aromatic heterocycles. The smallest absolute Gasteiger partial charge is 0.471 e. The van der Waals surface area contributed by atoms with Crippen molar-refractivity contribution in [2.24, 2.45) is 5.92 Å². The maximum atomic E-state index is 13.4. The Kier molecular flexibility index (Phi) is 10.3. The number of ether oxygens (including phenoxy) is 1. The van der Waals surface area contributed by atoms with E-state index in [9.17, 15) is 27.6 Å². The number of fused-ring (bicyclic) bond motifs is 2. The number of nitrogens with one attached hydrogen (secondary N) is 2. The van der Waals surface area contributed by atoms with Crippen LogP contribution in [0, 0.1) is 5.92 Å². The summed E-state index contributed by atoms with van der Waals surface area (Å²) in [5.41, 5.74) is 1.38. The third-order valence-corrected chi connectivity index (χ3v) is 9.16. The van der Waals surface area contributed by atoms with Crippen LogP contribution in [0.2, 0.25) is 10.0 Å². The van der Waals surface area contributed by atoms with Crippen molar-refractivity contribution in [2.45, 2.75) is 69.4 Å². The van der Waals surface area contributed by atoms with Gasteiger partial charge in [-0.05, 0) is 80.3 Å². The van der Waals surface area contributed by atoms with Gasteiger partial charge in [-0.2, -0.15) is 13.2 Å². The Hall–Kier alpha value is -3.02. The fourth-order valence-corrected chi connectivity index (χ4v) is 6.88. The number of likely N-dealkylation sites (tertiary alicyclic amines) is 1. The van der Waals surface area contributed by atoms with E-state index in [4.69, 9.17) is 27.9 Å². The number of nitrogens with zero attached hydrogens (tertiary/aromatic N) is 2. The zero-order valence-corrected chi connectivity index (χ0v) is 25.6. The summed E-state index contributed by atoms with van der Waals surface area (Å²) in [4.78, 5) is 41.6. The average Bonchev–Trinajstić information content (AvgIpc) is 3.21. The van der Waals surface area contributed by atoms with E-state index in [1.807, 2.05) is 29.6 Å². The Labute approximate surface area is 264 Å². The average molecular weight is 656 g/mol. The molecule has 2 aromatic rings. The topological polar surface area (TPSA) is 91.0 Å². The molecule has 13 heteroatoms. The number of alkyl halides is 3. The summed E-state index contributed by atoms with van der Waals surface area (Å²) in [5, 5.41) is 6.02. The van der Waals surface area contributed by atoms with Crippen molar-refractivity contribution < 1.29 is 32.3 Å². The largest absolute Gasteiger partial charge is 0.483 e. The Morgan fingerprint density at radius 1 is 0.955 bits per heavy atom. The van der Waals surface area contributed by atoms with Crippen LogP contribution in [0.5, 0.6) is 5.75 Å². The van der Waals surface area contributed by atoms with E-state index >= 15 is 0 Å². The van der Waals surface area contributed by atoms with Crippen LogP contribution in [0.4, 0.5) is 13.2 Å². The molecule has 2 unspecified atom stereocenters. The Morgan fingerprint density at radius 2 is 1.64 bits per heavy atom. The van der Waals surface area contributed by atoms with Crippen molar-refractivity contribution in [3.63, 3.8) is 0 Å². The first kappa shape index (κ1) is 32.4. The summed E-state index contributed by atoms with van der Waals surface area (Å²) in [7, 11) is 0. The highest BCUT2D eigenvalue weighted by Gasteiger charge is 2.41. The summed E-state index contributed by atoms with van der Waals surface area (Å²) in [6.07, 6.45) is 0.0478. The fraction of sp³-hybridized carbons (Fsp3) is 0.516. The SMILES string of the molecule is O=C(COc1ccc(Cl)cc1C(=O)N1CCCC(CNC(=O)C(F)(F)F)C1)NC1C[C@H]2CC[C@@H](C1)N2Cc1ccc(Cl)cc1. The first-order valence-corrected chi connectivity index (χ1v) is 15.6. The van der Waals surface area contributed by atoms with Gasteiger partial charge in [-0.15, -0.1) is 0 Å². The summed E-state index contributed by atoms with van der Waals surface area (Å²) in [5.74, 6) is -2.83. The molecule has 0 saturated carbocycles. The molecule has 0 aliphatic carbocycles. The van der Waals surface area contributed by atoms with Gasteiger partial charge in [-0.3, -0.25) is 19.3 Å². The van der Waals surface area contributed by atoms with E-state index in [0.29, 0.717) is 41.5 Å². The van der Waals surface area contributed by atoms with Crippen LogP contribution in [0.15, 0.2) is 42.5 Å². The van der Waals surface area contributed by atoms with Crippen molar-refractivity contribution in [3.05, 3.63) is 63.6 Å². The molecule has 3 aliphatic heterocycles. The molecule has 0 radical (unpaired) electrons. The number of rotatable bonds is 9. The predicted octanol–water partition coefficient (Wildman–Crippen LogP) is 5.21. The molecule has 4 atom stereocenters. The molecule has 3 heterocycles. The third-order valence-electron chi connectivity index (χ3n) is 8.67. The van der Waals surface area contributed by atoms with Crippen LogP contribution in [-0.4, -0.2) is 78.1 Å². The van der Waals surface area contributed by atoms with Crippen LogP contribution in [0.25, 0.3) is 0 Å². The van der Waals surface area contributed by atoms with E-state index < -0.39 is 18.0 Å². The normalized spacial score (nSPS) is 23.7.